The molecule has 2 aliphatic rings. The number of rotatable bonds is 5. The largest absolute Gasteiger partial charge is 0.376 e. The van der Waals surface area contributed by atoms with E-state index in [9.17, 15) is 4.79 Å². The van der Waals surface area contributed by atoms with Crippen molar-refractivity contribution in [2.75, 3.05) is 26.3 Å². The van der Waals surface area contributed by atoms with Gasteiger partial charge in [-0.3, -0.25) is 4.79 Å². The molecule has 128 valence electrons. The van der Waals surface area contributed by atoms with Crippen molar-refractivity contribution in [1.82, 2.24) is 15.0 Å². The van der Waals surface area contributed by atoms with Gasteiger partial charge in [0.15, 0.2) is 5.82 Å². The topological polar surface area (TPSA) is 77.7 Å². The smallest absolute Gasteiger partial charge is 0.251 e. The maximum atomic E-state index is 12.6. The van der Waals surface area contributed by atoms with Crippen LogP contribution >= 0.6 is 0 Å². The minimum Gasteiger partial charge on any atom is -0.376 e. The number of aromatic nitrogens is 2. The molecule has 0 aliphatic carbocycles. The number of ether oxygens (including phenoxy) is 2. The summed E-state index contributed by atoms with van der Waals surface area (Å²) >= 11 is 0. The number of likely N-dealkylation sites (tertiary alicyclic amines) is 1. The van der Waals surface area contributed by atoms with E-state index in [2.05, 4.69) is 10.1 Å². The summed E-state index contributed by atoms with van der Waals surface area (Å²) < 4.78 is 16.3. The molecule has 1 aromatic rings. The van der Waals surface area contributed by atoms with Crippen LogP contribution in [0, 0.1) is 6.92 Å². The Bertz CT molecular complexity index is 527. The number of amides is 1. The normalized spacial score (nSPS) is 26.4. The first-order valence-corrected chi connectivity index (χ1v) is 8.45. The summed E-state index contributed by atoms with van der Waals surface area (Å²) in [6.45, 7) is 6.29. The molecule has 0 saturated carbocycles. The molecule has 3 rings (SSSR count). The first kappa shape index (κ1) is 16.4. The highest BCUT2D eigenvalue weighted by Gasteiger charge is 2.30. The molecule has 0 N–H and O–H groups in total. The van der Waals surface area contributed by atoms with Gasteiger partial charge in [0.1, 0.15) is 6.10 Å². The van der Waals surface area contributed by atoms with Crippen LogP contribution in [0.3, 0.4) is 0 Å². The maximum absolute atomic E-state index is 12.6. The third-order valence-electron chi connectivity index (χ3n) is 4.55. The van der Waals surface area contributed by atoms with E-state index >= 15 is 0 Å². The number of hydrogen-bond donors (Lipinski definition) is 0. The van der Waals surface area contributed by atoms with Crippen molar-refractivity contribution >= 4 is 5.91 Å². The van der Waals surface area contributed by atoms with Gasteiger partial charge in [0.2, 0.25) is 5.89 Å². The predicted octanol–water partition coefficient (Wildman–Crippen LogP) is 1.67. The molecule has 3 atom stereocenters. The fourth-order valence-corrected chi connectivity index (χ4v) is 3.22. The van der Waals surface area contributed by atoms with E-state index in [1.165, 1.54) is 0 Å². The van der Waals surface area contributed by atoms with E-state index in [1.54, 1.807) is 6.92 Å². The summed E-state index contributed by atoms with van der Waals surface area (Å²) in [5, 5.41) is 3.99. The van der Waals surface area contributed by atoms with Crippen LogP contribution in [0.25, 0.3) is 0 Å². The highest BCUT2D eigenvalue weighted by atomic mass is 16.5. The van der Waals surface area contributed by atoms with Gasteiger partial charge in [0.25, 0.3) is 5.91 Å². The molecule has 2 saturated heterocycles. The van der Waals surface area contributed by atoms with Gasteiger partial charge >= 0.3 is 0 Å². The van der Waals surface area contributed by atoms with Gasteiger partial charge in [-0.05, 0) is 32.6 Å². The molecule has 2 aliphatic heterocycles. The van der Waals surface area contributed by atoms with Crippen molar-refractivity contribution in [2.24, 2.45) is 0 Å². The Morgan fingerprint density at radius 2 is 2.30 bits per heavy atom. The minimum absolute atomic E-state index is 0.0351. The zero-order valence-electron chi connectivity index (χ0n) is 13.9. The molecular formula is C16H25N3O4. The van der Waals surface area contributed by atoms with Crippen LogP contribution in [0.5, 0.6) is 0 Å². The second-order valence-corrected chi connectivity index (χ2v) is 6.41. The van der Waals surface area contributed by atoms with Crippen molar-refractivity contribution in [1.29, 1.82) is 0 Å². The van der Waals surface area contributed by atoms with Gasteiger partial charge in [-0.25, -0.2) is 0 Å². The van der Waals surface area contributed by atoms with Crippen molar-refractivity contribution in [3.63, 3.8) is 0 Å². The first-order chi connectivity index (χ1) is 11.1. The molecule has 23 heavy (non-hydrogen) atoms. The molecule has 0 aromatic carbocycles. The van der Waals surface area contributed by atoms with Gasteiger partial charge in [0.05, 0.1) is 12.7 Å². The van der Waals surface area contributed by atoms with E-state index in [-0.39, 0.29) is 17.9 Å². The first-order valence-electron chi connectivity index (χ1n) is 8.45. The van der Waals surface area contributed by atoms with E-state index < -0.39 is 6.10 Å². The van der Waals surface area contributed by atoms with Crippen molar-refractivity contribution in [3.8, 4) is 0 Å². The fraction of sp³-hybridized carbons (Fsp3) is 0.812. The lowest BCUT2D eigenvalue weighted by Gasteiger charge is -2.33. The van der Waals surface area contributed by atoms with E-state index in [1.807, 2.05) is 11.8 Å². The third kappa shape index (κ3) is 4.09. The summed E-state index contributed by atoms with van der Waals surface area (Å²) in [5.74, 6) is 1.45. The summed E-state index contributed by atoms with van der Waals surface area (Å²) in [4.78, 5) is 18.7. The molecule has 0 bridgehead atoms. The molecule has 0 unspecified atom stereocenters. The lowest BCUT2D eigenvalue weighted by atomic mass is 9.97. The van der Waals surface area contributed by atoms with E-state index in [0.717, 1.165) is 38.8 Å². The van der Waals surface area contributed by atoms with Gasteiger partial charge in [-0.15, -0.1) is 0 Å². The van der Waals surface area contributed by atoms with Crippen LogP contribution in [-0.2, 0) is 14.3 Å². The molecule has 0 spiro atoms. The summed E-state index contributed by atoms with van der Waals surface area (Å²) in [6.07, 6.45) is 3.72. The SMILES string of the molecule is Cc1nc([C@@H]2CCCN(C(=O)[C@@H](C)OC[C@@H]3CCCO3)C2)no1. The fourth-order valence-electron chi connectivity index (χ4n) is 3.22. The Kier molecular flexibility index (Phi) is 5.27. The minimum atomic E-state index is -0.440. The van der Waals surface area contributed by atoms with E-state index in [4.69, 9.17) is 14.0 Å². The monoisotopic (exact) mass is 323 g/mol. The van der Waals surface area contributed by atoms with Gasteiger partial charge in [0, 0.05) is 32.5 Å². The Morgan fingerprint density at radius 3 is 3.00 bits per heavy atom. The molecule has 7 heteroatoms. The predicted molar refractivity (Wildman–Crippen MR) is 82.0 cm³/mol. The molecule has 3 heterocycles. The lowest BCUT2D eigenvalue weighted by Crippen LogP contribution is -2.45. The molecule has 7 nitrogen and oxygen atoms in total. The Balaban J connectivity index is 1.51. The highest BCUT2D eigenvalue weighted by molar-refractivity contribution is 5.80. The summed E-state index contributed by atoms with van der Waals surface area (Å²) in [6, 6.07) is 0. The molecule has 1 amide bonds. The third-order valence-corrected chi connectivity index (χ3v) is 4.55. The van der Waals surface area contributed by atoms with Crippen molar-refractivity contribution in [3.05, 3.63) is 11.7 Å². The number of carbonyl (C=O) groups is 1. The molecule has 0 radical (unpaired) electrons. The van der Waals surface area contributed by atoms with Crippen LogP contribution in [0.15, 0.2) is 4.52 Å². The molecule has 1 aromatic heterocycles. The summed E-state index contributed by atoms with van der Waals surface area (Å²) in [7, 11) is 0. The Hall–Kier alpha value is -1.47. The van der Waals surface area contributed by atoms with Crippen LogP contribution in [0.2, 0.25) is 0 Å². The number of nitrogens with zero attached hydrogens (tertiary/aromatic N) is 3. The van der Waals surface area contributed by atoms with E-state index in [0.29, 0.717) is 24.9 Å². The van der Waals surface area contributed by atoms with Crippen LogP contribution in [0.1, 0.15) is 50.2 Å². The number of carbonyl (C=O) groups excluding carboxylic acids is 1. The highest BCUT2D eigenvalue weighted by Crippen LogP contribution is 2.25. The average Bonchev–Trinajstić information content (AvgIpc) is 3.23. The quantitative estimate of drug-likeness (QED) is 0.820. The number of aryl methyl sites for hydroxylation is 1. The lowest BCUT2D eigenvalue weighted by molar-refractivity contribution is -0.145. The van der Waals surface area contributed by atoms with Crippen molar-refractivity contribution in [2.45, 2.75) is 57.7 Å². The standard InChI is InChI=1S/C16H25N3O4/c1-11(22-10-14-6-4-8-21-14)16(20)19-7-3-5-13(9-19)15-17-12(2)23-18-15/h11,13-14H,3-10H2,1-2H3/t11-,13-,14+/m1/s1. The van der Waals surface area contributed by atoms with Crippen molar-refractivity contribution < 1.29 is 18.8 Å². The average molecular weight is 323 g/mol. The molecular weight excluding hydrogens is 298 g/mol. The number of piperidine rings is 1. The second-order valence-electron chi connectivity index (χ2n) is 6.41. The van der Waals surface area contributed by atoms with Crippen LogP contribution in [-0.4, -0.2) is 59.5 Å². The summed E-state index contributed by atoms with van der Waals surface area (Å²) in [5.41, 5.74) is 0. The van der Waals surface area contributed by atoms with Gasteiger partial charge in [-0.2, -0.15) is 4.98 Å². The Morgan fingerprint density at radius 1 is 1.43 bits per heavy atom. The zero-order valence-corrected chi connectivity index (χ0v) is 13.9. The molecule has 2 fully saturated rings. The Labute approximate surface area is 136 Å². The second kappa shape index (κ2) is 7.40. The van der Waals surface area contributed by atoms with Crippen LogP contribution in [0.4, 0.5) is 0 Å². The van der Waals surface area contributed by atoms with Crippen LogP contribution < -0.4 is 0 Å². The number of hydrogen-bond acceptors (Lipinski definition) is 6. The zero-order chi connectivity index (χ0) is 16.2. The maximum Gasteiger partial charge on any atom is 0.251 e. The van der Waals surface area contributed by atoms with Gasteiger partial charge < -0.3 is 18.9 Å². The van der Waals surface area contributed by atoms with Gasteiger partial charge in [-0.1, -0.05) is 5.16 Å².